The Morgan fingerprint density at radius 2 is 2.11 bits per heavy atom. The molecular weight excluding hydrogens is 264 g/mol. The van der Waals surface area contributed by atoms with Gasteiger partial charge in [-0.05, 0) is 17.4 Å². The summed E-state index contributed by atoms with van der Waals surface area (Å²) in [6.07, 6.45) is 0. The number of ether oxygens (including phenoxy) is 1. The van der Waals surface area contributed by atoms with Gasteiger partial charge in [0, 0.05) is 18.3 Å². The molecule has 0 bridgehead atoms. The van der Waals surface area contributed by atoms with E-state index in [1.54, 1.807) is 0 Å². The lowest BCUT2D eigenvalue weighted by Crippen LogP contribution is -2.41. The molecule has 0 aliphatic heterocycles. The lowest BCUT2D eigenvalue weighted by molar-refractivity contribution is -0.144. The van der Waals surface area contributed by atoms with Crippen molar-refractivity contribution in [1.82, 2.24) is 5.32 Å². The van der Waals surface area contributed by atoms with Crippen molar-refractivity contribution < 1.29 is 14.3 Å². The van der Waals surface area contributed by atoms with Crippen LogP contribution in [0.3, 0.4) is 0 Å². The highest BCUT2D eigenvalue weighted by atomic mass is 32.1. The van der Waals surface area contributed by atoms with Crippen molar-refractivity contribution in [3.05, 3.63) is 16.3 Å². The predicted octanol–water partition coefficient (Wildman–Crippen LogP) is 1.99. The van der Waals surface area contributed by atoms with Crippen LogP contribution in [0.15, 0.2) is 11.4 Å². The third kappa shape index (κ3) is 4.65. The van der Waals surface area contributed by atoms with Gasteiger partial charge in [0.15, 0.2) is 0 Å². The van der Waals surface area contributed by atoms with E-state index >= 15 is 0 Å². The van der Waals surface area contributed by atoms with Gasteiger partial charge in [-0.15, -0.1) is 11.3 Å². The van der Waals surface area contributed by atoms with Crippen LogP contribution in [0.25, 0.3) is 0 Å². The van der Waals surface area contributed by atoms with Gasteiger partial charge >= 0.3 is 5.97 Å². The summed E-state index contributed by atoms with van der Waals surface area (Å²) in [5, 5.41) is 7.84. The molecule has 0 spiro atoms. The SMILES string of the molecule is COC(=O)[C@@H](NCc1sccc1NC(C)=O)C(C)C. The Morgan fingerprint density at radius 1 is 1.42 bits per heavy atom. The predicted molar refractivity (Wildman–Crippen MR) is 76.1 cm³/mol. The number of nitrogens with one attached hydrogen (secondary N) is 2. The molecule has 6 heteroatoms. The molecule has 0 aromatic carbocycles. The fourth-order valence-corrected chi connectivity index (χ4v) is 2.48. The highest BCUT2D eigenvalue weighted by Crippen LogP contribution is 2.22. The van der Waals surface area contributed by atoms with E-state index in [0.717, 1.165) is 10.6 Å². The monoisotopic (exact) mass is 284 g/mol. The maximum Gasteiger partial charge on any atom is 0.323 e. The number of hydrogen-bond acceptors (Lipinski definition) is 5. The number of anilines is 1. The number of methoxy groups -OCH3 is 1. The smallest absolute Gasteiger partial charge is 0.323 e. The molecule has 2 N–H and O–H groups in total. The Morgan fingerprint density at radius 3 is 2.63 bits per heavy atom. The second-order valence-electron chi connectivity index (χ2n) is 4.56. The molecule has 0 unspecified atom stereocenters. The van der Waals surface area contributed by atoms with Gasteiger partial charge in [0.1, 0.15) is 6.04 Å². The van der Waals surface area contributed by atoms with E-state index in [0.29, 0.717) is 6.54 Å². The van der Waals surface area contributed by atoms with Crippen molar-refractivity contribution in [2.45, 2.75) is 33.4 Å². The third-order valence-corrected chi connectivity index (χ3v) is 3.58. The standard InChI is InChI=1S/C13H20N2O3S/c1-8(2)12(13(17)18-4)14-7-11-10(5-6-19-11)15-9(3)16/h5-6,8,12,14H,7H2,1-4H3,(H,15,16)/t12-/m0/s1. The van der Waals surface area contributed by atoms with E-state index < -0.39 is 0 Å². The lowest BCUT2D eigenvalue weighted by Gasteiger charge is -2.19. The highest BCUT2D eigenvalue weighted by Gasteiger charge is 2.22. The Kier molecular flexibility index (Phi) is 5.98. The van der Waals surface area contributed by atoms with Crippen LogP contribution >= 0.6 is 11.3 Å². The van der Waals surface area contributed by atoms with Crippen molar-refractivity contribution in [3.8, 4) is 0 Å². The minimum absolute atomic E-state index is 0.104. The molecule has 1 heterocycles. The number of hydrogen-bond donors (Lipinski definition) is 2. The van der Waals surface area contributed by atoms with E-state index in [9.17, 15) is 9.59 Å². The van der Waals surface area contributed by atoms with Gasteiger partial charge in [-0.25, -0.2) is 0 Å². The van der Waals surface area contributed by atoms with Crippen LogP contribution in [0, 0.1) is 5.92 Å². The maximum absolute atomic E-state index is 11.6. The summed E-state index contributed by atoms with van der Waals surface area (Å²) in [5.74, 6) is -0.239. The molecule has 5 nitrogen and oxygen atoms in total. The second-order valence-corrected chi connectivity index (χ2v) is 5.57. The molecule has 0 saturated heterocycles. The maximum atomic E-state index is 11.6. The first-order chi connectivity index (χ1) is 8.95. The van der Waals surface area contributed by atoms with Gasteiger partial charge in [-0.3, -0.25) is 14.9 Å². The van der Waals surface area contributed by atoms with Gasteiger partial charge in [0.05, 0.1) is 12.8 Å². The summed E-state index contributed by atoms with van der Waals surface area (Å²) in [4.78, 5) is 23.7. The first-order valence-electron chi connectivity index (χ1n) is 6.10. The summed E-state index contributed by atoms with van der Waals surface area (Å²) < 4.78 is 4.77. The number of esters is 1. The molecule has 0 fully saturated rings. The normalized spacial score (nSPS) is 12.3. The Labute approximate surface area is 117 Å². The summed E-state index contributed by atoms with van der Waals surface area (Å²) in [6.45, 7) is 5.90. The summed E-state index contributed by atoms with van der Waals surface area (Å²) in [7, 11) is 1.38. The molecule has 1 rings (SSSR count). The van der Waals surface area contributed by atoms with Crippen molar-refractivity contribution in [2.24, 2.45) is 5.92 Å². The van der Waals surface area contributed by atoms with Crippen LogP contribution in [-0.4, -0.2) is 25.0 Å². The number of rotatable bonds is 6. The van der Waals surface area contributed by atoms with Crippen molar-refractivity contribution in [2.75, 3.05) is 12.4 Å². The molecule has 0 aliphatic carbocycles. The first kappa shape index (κ1) is 15.7. The quantitative estimate of drug-likeness (QED) is 0.784. The van der Waals surface area contributed by atoms with Crippen LogP contribution in [0.4, 0.5) is 5.69 Å². The minimum atomic E-state index is -0.350. The Bertz CT molecular complexity index is 443. The molecule has 1 aromatic rings. The third-order valence-electron chi connectivity index (χ3n) is 2.66. The van der Waals surface area contributed by atoms with Crippen LogP contribution in [0.5, 0.6) is 0 Å². The van der Waals surface area contributed by atoms with Crippen molar-refractivity contribution in [3.63, 3.8) is 0 Å². The molecule has 1 amide bonds. The zero-order valence-electron chi connectivity index (χ0n) is 11.6. The average molecular weight is 284 g/mol. The highest BCUT2D eigenvalue weighted by molar-refractivity contribution is 7.10. The molecule has 106 valence electrons. The largest absolute Gasteiger partial charge is 0.468 e. The number of carbonyl (C=O) groups excluding carboxylic acids is 2. The second kappa shape index (κ2) is 7.25. The molecule has 19 heavy (non-hydrogen) atoms. The van der Waals surface area contributed by atoms with Gasteiger partial charge < -0.3 is 10.1 Å². The number of carbonyl (C=O) groups is 2. The van der Waals surface area contributed by atoms with Gasteiger partial charge in [-0.1, -0.05) is 13.8 Å². The molecule has 0 aliphatic rings. The van der Waals surface area contributed by atoms with E-state index in [2.05, 4.69) is 10.6 Å². The number of thiophene rings is 1. The Hall–Kier alpha value is -1.40. The number of amides is 1. The van der Waals surface area contributed by atoms with Crippen LogP contribution in [0.2, 0.25) is 0 Å². The summed E-state index contributed by atoms with van der Waals surface area (Å²) >= 11 is 1.54. The molecular formula is C13H20N2O3S. The zero-order chi connectivity index (χ0) is 14.4. The fourth-order valence-electron chi connectivity index (χ4n) is 1.70. The van der Waals surface area contributed by atoms with Crippen LogP contribution < -0.4 is 10.6 Å². The van der Waals surface area contributed by atoms with E-state index in [4.69, 9.17) is 4.74 Å². The van der Waals surface area contributed by atoms with E-state index in [1.807, 2.05) is 25.3 Å². The topological polar surface area (TPSA) is 67.4 Å². The van der Waals surface area contributed by atoms with Gasteiger partial charge in [-0.2, -0.15) is 0 Å². The van der Waals surface area contributed by atoms with Crippen LogP contribution in [0.1, 0.15) is 25.6 Å². The lowest BCUT2D eigenvalue weighted by atomic mass is 10.0. The average Bonchev–Trinajstić information content (AvgIpc) is 2.75. The molecule has 0 saturated carbocycles. The van der Waals surface area contributed by atoms with E-state index in [1.165, 1.54) is 25.4 Å². The van der Waals surface area contributed by atoms with Gasteiger partial charge in [0.25, 0.3) is 0 Å². The molecule has 1 aromatic heterocycles. The van der Waals surface area contributed by atoms with Crippen molar-refractivity contribution in [1.29, 1.82) is 0 Å². The summed E-state index contributed by atoms with van der Waals surface area (Å²) in [5.41, 5.74) is 0.789. The fraction of sp³-hybridized carbons (Fsp3) is 0.538. The van der Waals surface area contributed by atoms with Gasteiger partial charge in [0.2, 0.25) is 5.91 Å². The molecule has 1 atom stereocenters. The summed E-state index contributed by atoms with van der Waals surface area (Å²) in [6, 6.07) is 1.50. The van der Waals surface area contributed by atoms with E-state index in [-0.39, 0.29) is 23.8 Å². The van der Waals surface area contributed by atoms with Crippen LogP contribution in [-0.2, 0) is 20.9 Å². The first-order valence-corrected chi connectivity index (χ1v) is 6.98. The van der Waals surface area contributed by atoms with Crippen molar-refractivity contribution >= 4 is 28.9 Å². The Balaban J connectivity index is 2.67. The zero-order valence-corrected chi connectivity index (χ0v) is 12.5. The minimum Gasteiger partial charge on any atom is -0.468 e. The molecule has 0 radical (unpaired) electrons.